The van der Waals surface area contributed by atoms with Gasteiger partial charge >= 0.3 is 0 Å². The first-order valence-corrected chi connectivity index (χ1v) is 5.81. The largest absolute Gasteiger partial charge is 0.382 e. The van der Waals surface area contributed by atoms with Gasteiger partial charge in [-0.25, -0.2) is 0 Å². The van der Waals surface area contributed by atoms with Crippen LogP contribution in [0.25, 0.3) is 0 Å². The second-order valence-electron chi connectivity index (χ2n) is 4.12. The van der Waals surface area contributed by atoms with Crippen molar-refractivity contribution in [1.82, 2.24) is 0 Å². The zero-order chi connectivity index (χ0) is 11.2. The lowest BCUT2D eigenvalue weighted by atomic mass is 10.1. The fraction of sp³-hybridized carbons (Fsp3) is 0.538. The van der Waals surface area contributed by atoms with Gasteiger partial charge in [0.15, 0.2) is 0 Å². The van der Waals surface area contributed by atoms with Crippen molar-refractivity contribution in [1.29, 1.82) is 0 Å². The van der Waals surface area contributed by atoms with Gasteiger partial charge in [0.1, 0.15) is 0 Å². The summed E-state index contributed by atoms with van der Waals surface area (Å²) in [6, 6.07) is 8.85. The van der Waals surface area contributed by atoms with Crippen molar-refractivity contribution < 1.29 is 9.47 Å². The van der Waals surface area contributed by atoms with Crippen LogP contribution in [-0.4, -0.2) is 26.4 Å². The van der Waals surface area contributed by atoms with E-state index in [4.69, 9.17) is 9.47 Å². The molecule has 1 aliphatic heterocycles. The number of anilines is 1. The fourth-order valence-electron chi connectivity index (χ4n) is 2.00. The first kappa shape index (κ1) is 11.4. The van der Waals surface area contributed by atoms with E-state index in [2.05, 4.69) is 23.5 Å². The third-order valence-electron chi connectivity index (χ3n) is 2.90. The average molecular weight is 221 g/mol. The Hall–Kier alpha value is -1.06. The number of hydrogen-bond donors (Lipinski definition) is 1. The van der Waals surface area contributed by atoms with E-state index in [1.165, 1.54) is 11.3 Å². The maximum Gasteiger partial charge on any atom is 0.0733 e. The van der Waals surface area contributed by atoms with Crippen molar-refractivity contribution in [3.05, 3.63) is 29.8 Å². The quantitative estimate of drug-likeness (QED) is 0.847. The molecule has 16 heavy (non-hydrogen) atoms. The Morgan fingerprint density at radius 2 is 2.06 bits per heavy atom. The molecule has 1 N–H and O–H groups in total. The molecule has 0 bridgehead atoms. The van der Waals surface area contributed by atoms with Crippen molar-refractivity contribution in [2.24, 2.45) is 0 Å². The molecule has 0 atom stereocenters. The Balaban J connectivity index is 2.01. The van der Waals surface area contributed by atoms with E-state index in [0.29, 0.717) is 12.6 Å². The molecule has 0 spiro atoms. The average Bonchev–Trinajstić information content (AvgIpc) is 2.33. The van der Waals surface area contributed by atoms with E-state index in [1.807, 2.05) is 6.07 Å². The highest BCUT2D eigenvalue weighted by Crippen LogP contribution is 2.20. The predicted molar refractivity (Wildman–Crippen MR) is 64.6 cm³/mol. The Labute approximate surface area is 96.8 Å². The van der Waals surface area contributed by atoms with Gasteiger partial charge in [-0.1, -0.05) is 18.2 Å². The normalized spacial score (nSPS) is 17.3. The number of para-hydroxylation sites is 1. The minimum atomic E-state index is 0.534. The Kier molecular flexibility index (Phi) is 4.19. The number of rotatable bonds is 4. The Morgan fingerprint density at radius 3 is 2.81 bits per heavy atom. The maximum atomic E-state index is 5.35. The Morgan fingerprint density at radius 1 is 1.31 bits per heavy atom. The van der Waals surface area contributed by atoms with E-state index < -0.39 is 0 Å². The first-order valence-electron chi connectivity index (χ1n) is 5.81. The molecular formula is C13H19NO2. The molecule has 0 unspecified atom stereocenters. The standard InChI is InChI=1S/C13H19NO2/c1-15-10-11-4-2-3-5-13(11)14-12-6-8-16-9-7-12/h2-5,12,14H,6-10H2,1H3. The van der Waals surface area contributed by atoms with Crippen LogP contribution < -0.4 is 5.32 Å². The van der Waals surface area contributed by atoms with Crippen molar-refractivity contribution in [3.63, 3.8) is 0 Å². The van der Waals surface area contributed by atoms with Crippen LogP contribution in [0.2, 0.25) is 0 Å². The molecule has 1 saturated heterocycles. The van der Waals surface area contributed by atoms with Gasteiger partial charge in [-0.3, -0.25) is 0 Å². The molecule has 0 aromatic heterocycles. The predicted octanol–water partition coefficient (Wildman–Crippen LogP) is 2.42. The van der Waals surface area contributed by atoms with Crippen LogP contribution in [-0.2, 0) is 16.1 Å². The summed E-state index contributed by atoms with van der Waals surface area (Å²) >= 11 is 0. The summed E-state index contributed by atoms with van der Waals surface area (Å²) < 4.78 is 10.5. The smallest absolute Gasteiger partial charge is 0.0733 e. The van der Waals surface area contributed by atoms with Gasteiger partial charge in [-0.2, -0.15) is 0 Å². The van der Waals surface area contributed by atoms with Gasteiger partial charge in [-0.15, -0.1) is 0 Å². The molecule has 0 radical (unpaired) electrons. The summed E-state index contributed by atoms with van der Waals surface area (Å²) in [7, 11) is 1.73. The number of hydrogen-bond acceptors (Lipinski definition) is 3. The lowest BCUT2D eigenvalue weighted by Gasteiger charge is -2.25. The summed E-state index contributed by atoms with van der Waals surface area (Å²) in [4.78, 5) is 0. The van der Waals surface area contributed by atoms with Crippen LogP contribution in [0.1, 0.15) is 18.4 Å². The molecule has 88 valence electrons. The van der Waals surface area contributed by atoms with Crippen LogP contribution >= 0.6 is 0 Å². The monoisotopic (exact) mass is 221 g/mol. The highest BCUT2D eigenvalue weighted by Gasteiger charge is 2.14. The zero-order valence-corrected chi connectivity index (χ0v) is 9.74. The lowest BCUT2D eigenvalue weighted by Crippen LogP contribution is -2.28. The lowest BCUT2D eigenvalue weighted by molar-refractivity contribution is 0.0904. The van der Waals surface area contributed by atoms with Gasteiger partial charge in [0.25, 0.3) is 0 Å². The minimum Gasteiger partial charge on any atom is -0.382 e. The number of ether oxygens (including phenoxy) is 2. The van der Waals surface area contributed by atoms with Crippen molar-refractivity contribution in [2.45, 2.75) is 25.5 Å². The van der Waals surface area contributed by atoms with E-state index in [1.54, 1.807) is 7.11 Å². The summed E-state index contributed by atoms with van der Waals surface area (Å²) in [6.45, 7) is 2.39. The molecule has 1 aromatic rings. The van der Waals surface area contributed by atoms with Gasteiger partial charge in [0.2, 0.25) is 0 Å². The molecule has 1 aromatic carbocycles. The molecule has 3 heteroatoms. The number of benzene rings is 1. The van der Waals surface area contributed by atoms with Crippen molar-refractivity contribution in [2.75, 3.05) is 25.6 Å². The second kappa shape index (κ2) is 5.87. The van der Waals surface area contributed by atoms with Crippen molar-refractivity contribution >= 4 is 5.69 Å². The molecular weight excluding hydrogens is 202 g/mol. The third kappa shape index (κ3) is 2.97. The molecule has 1 heterocycles. The zero-order valence-electron chi connectivity index (χ0n) is 9.74. The molecule has 0 aliphatic carbocycles. The summed E-state index contributed by atoms with van der Waals surface area (Å²) in [6.07, 6.45) is 2.17. The van der Waals surface area contributed by atoms with Crippen LogP contribution in [0.5, 0.6) is 0 Å². The number of nitrogens with one attached hydrogen (secondary N) is 1. The van der Waals surface area contributed by atoms with E-state index in [9.17, 15) is 0 Å². The third-order valence-corrected chi connectivity index (χ3v) is 2.90. The maximum absolute atomic E-state index is 5.35. The van der Waals surface area contributed by atoms with Gasteiger partial charge in [0, 0.05) is 37.6 Å². The van der Waals surface area contributed by atoms with Crippen LogP contribution in [0.4, 0.5) is 5.69 Å². The van der Waals surface area contributed by atoms with Gasteiger partial charge < -0.3 is 14.8 Å². The highest BCUT2D eigenvalue weighted by molar-refractivity contribution is 5.51. The molecule has 3 nitrogen and oxygen atoms in total. The number of methoxy groups -OCH3 is 1. The summed E-state index contributed by atoms with van der Waals surface area (Å²) in [5.74, 6) is 0. The molecule has 0 amide bonds. The molecule has 0 saturated carbocycles. The van der Waals surface area contributed by atoms with Crippen LogP contribution in [0, 0.1) is 0 Å². The van der Waals surface area contributed by atoms with E-state index >= 15 is 0 Å². The van der Waals surface area contributed by atoms with Crippen LogP contribution in [0.3, 0.4) is 0 Å². The topological polar surface area (TPSA) is 30.5 Å². The summed E-state index contributed by atoms with van der Waals surface area (Å²) in [5, 5.41) is 3.57. The highest BCUT2D eigenvalue weighted by atomic mass is 16.5. The SMILES string of the molecule is COCc1ccccc1NC1CCOCC1. The fourth-order valence-corrected chi connectivity index (χ4v) is 2.00. The van der Waals surface area contributed by atoms with E-state index in [-0.39, 0.29) is 0 Å². The van der Waals surface area contributed by atoms with Crippen LogP contribution in [0.15, 0.2) is 24.3 Å². The van der Waals surface area contributed by atoms with E-state index in [0.717, 1.165) is 26.1 Å². The first-order chi connectivity index (χ1) is 7.90. The van der Waals surface area contributed by atoms with Gasteiger partial charge in [0.05, 0.1) is 6.61 Å². The second-order valence-corrected chi connectivity index (χ2v) is 4.12. The molecule has 2 rings (SSSR count). The molecule has 1 fully saturated rings. The minimum absolute atomic E-state index is 0.534. The van der Waals surface area contributed by atoms with Gasteiger partial charge in [-0.05, 0) is 18.9 Å². The Bertz CT molecular complexity index is 321. The summed E-state index contributed by atoms with van der Waals surface area (Å²) in [5.41, 5.74) is 2.41. The van der Waals surface area contributed by atoms with Crippen molar-refractivity contribution in [3.8, 4) is 0 Å². The molecule has 1 aliphatic rings.